The number of benzene rings is 2. The van der Waals surface area contributed by atoms with Crippen molar-refractivity contribution >= 4 is 16.7 Å². The summed E-state index contributed by atoms with van der Waals surface area (Å²) in [6.07, 6.45) is 3.03. The van der Waals surface area contributed by atoms with Crippen molar-refractivity contribution in [2.45, 2.75) is 38.3 Å². The maximum Gasteiger partial charge on any atom is 0.273 e. The lowest BCUT2D eigenvalue weighted by molar-refractivity contribution is -0.132. The molecule has 6 nitrogen and oxygen atoms in total. The fourth-order valence-corrected chi connectivity index (χ4v) is 4.02. The highest BCUT2D eigenvalue weighted by molar-refractivity contribution is 5.80. The number of H-pyrrole nitrogens is 1. The van der Waals surface area contributed by atoms with E-state index in [2.05, 4.69) is 17.2 Å². The lowest BCUT2D eigenvalue weighted by Crippen LogP contribution is -2.38. The number of carbonyl (C=O) groups is 1. The second-order valence-corrected chi connectivity index (χ2v) is 7.27. The number of rotatable bonds is 5. The molecule has 28 heavy (non-hydrogen) atoms. The zero-order chi connectivity index (χ0) is 19.5. The van der Waals surface area contributed by atoms with Gasteiger partial charge in [0.2, 0.25) is 5.91 Å². The van der Waals surface area contributed by atoms with Crippen LogP contribution in [0.25, 0.3) is 10.8 Å². The molecular formula is C22H23N3O3. The van der Waals surface area contributed by atoms with Crippen molar-refractivity contribution in [2.75, 3.05) is 6.54 Å². The van der Waals surface area contributed by atoms with E-state index in [-0.39, 0.29) is 36.0 Å². The summed E-state index contributed by atoms with van der Waals surface area (Å²) in [6.45, 7) is 0.922. The van der Waals surface area contributed by atoms with Crippen molar-refractivity contribution in [1.29, 1.82) is 0 Å². The smallest absolute Gasteiger partial charge is 0.273 e. The Kier molecular flexibility index (Phi) is 5.10. The third-order valence-corrected chi connectivity index (χ3v) is 5.44. The van der Waals surface area contributed by atoms with E-state index in [1.807, 2.05) is 23.1 Å². The Labute approximate surface area is 162 Å². The molecule has 1 aliphatic rings. The van der Waals surface area contributed by atoms with Crippen LogP contribution in [0, 0.1) is 0 Å². The second kappa shape index (κ2) is 7.84. The van der Waals surface area contributed by atoms with Crippen LogP contribution in [0.2, 0.25) is 0 Å². The average Bonchev–Trinajstić information content (AvgIpc) is 3.18. The lowest BCUT2D eigenvalue weighted by atomic mass is 10.0. The molecule has 2 aromatic carbocycles. The number of carbonyl (C=O) groups excluding carboxylic acids is 1. The first kappa shape index (κ1) is 18.2. The molecule has 3 aromatic rings. The van der Waals surface area contributed by atoms with E-state index >= 15 is 0 Å². The van der Waals surface area contributed by atoms with Crippen molar-refractivity contribution in [3.8, 4) is 0 Å². The highest BCUT2D eigenvalue weighted by atomic mass is 16.2. The molecular weight excluding hydrogens is 354 g/mol. The molecule has 4 rings (SSSR count). The number of aromatic amines is 1. The summed E-state index contributed by atoms with van der Waals surface area (Å²) in [4.78, 5) is 39.5. The van der Waals surface area contributed by atoms with Crippen LogP contribution in [0.15, 0.2) is 64.2 Å². The van der Waals surface area contributed by atoms with Gasteiger partial charge in [-0.3, -0.25) is 19.5 Å². The Morgan fingerprint density at radius 1 is 1.00 bits per heavy atom. The van der Waals surface area contributed by atoms with Gasteiger partial charge in [0.1, 0.15) is 0 Å². The molecule has 1 aliphatic heterocycles. The van der Waals surface area contributed by atoms with Gasteiger partial charge in [-0.15, -0.1) is 0 Å². The summed E-state index contributed by atoms with van der Waals surface area (Å²) in [7, 11) is 0. The Bertz CT molecular complexity index is 1100. The van der Waals surface area contributed by atoms with Gasteiger partial charge in [-0.25, -0.2) is 4.68 Å². The normalized spacial score (nSPS) is 16.6. The first-order valence-electron chi connectivity index (χ1n) is 9.69. The Morgan fingerprint density at radius 2 is 1.71 bits per heavy atom. The standard InChI is InChI=1S/C22H23N3O3/c26-20(24-13-6-9-17(24)15-16-7-2-1-3-8-16)12-14-25-22(28)19-11-5-4-10-18(19)21(27)23-25/h1-5,7-8,10-11,17H,6,9,12-15H2,(H,23,27). The minimum Gasteiger partial charge on any atom is -0.339 e. The van der Waals surface area contributed by atoms with Crippen molar-refractivity contribution in [2.24, 2.45) is 0 Å². The van der Waals surface area contributed by atoms with E-state index < -0.39 is 0 Å². The molecule has 0 spiro atoms. The SMILES string of the molecule is O=C(CCn1[nH]c(=O)c2ccccc2c1=O)N1CCCC1Cc1ccccc1. The molecule has 1 saturated heterocycles. The van der Waals surface area contributed by atoms with Crippen molar-refractivity contribution in [3.05, 3.63) is 80.9 Å². The monoisotopic (exact) mass is 377 g/mol. The molecule has 1 atom stereocenters. The van der Waals surface area contributed by atoms with Gasteiger partial charge in [-0.2, -0.15) is 0 Å². The van der Waals surface area contributed by atoms with Crippen LogP contribution >= 0.6 is 0 Å². The number of amides is 1. The van der Waals surface area contributed by atoms with Crippen molar-refractivity contribution in [1.82, 2.24) is 14.7 Å². The van der Waals surface area contributed by atoms with Gasteiger partial charge in [0.15, 0.2) is 0 Å². The molecule has 0 aliphatic carbocycles. The average molecular weight is 377 g/mol. The summed E-state index contributed by atoms with van der Waals surface area (Å²) in [5, 5.41) is 3.34. The van der Waals surface area contributed by atoms with Crippen LogP contribution in [0.3, 0.4) is 0 Å². The number of nitrogens with zero attached hydrogens (tertiary/aromatic N) is 2. The number of hydrogen-bond acceptors (Lipinski definition) is 3. The highest BCUT2D eigenvalue weighted by Gasteiger charge is 2.28. The molecule has 2 heterocycles. The Morgan fingerprint density at radius 3 is 2.50 bits per heavy atom. The van der Waals surface area contributed by atoms with Crippen LogP contribution in [-0.4, -0.2) is 33.2 Å². The molecule has 1 fully saturated rings. The van der Waals surface area contributed by atoms with Gasteiger partial charge < -0.3 is 4.90 Å². The van der Waals surface area contributed by atoms with Crippen molar-refractivity contribution < 1.29 is 4.79 Å². The summed E-state index contributed by atoms with van der Waals surface area (Å²) in [5.74, 6) is 0.0272. The number of aryl methyl sites for hydroxylation is 1. The van der Waals surface area contributed by atoms with Gasteiger partial charge in [0.05, 0.1) is 17.3 Å². The summed E-state index contributed by atoms with van der Waals surface area (Å²) < 4.78 is 1.25. The molecule has 1 unspecified atom stereocenters. The summed E-state index contributed by atoms with van der Waals surface area (Å²) >= 11 is 0. The fraction of sp³-hybridized carbons (Fsp3) is 0.318. The van der Waals surface area contributed by atoms with Crippen LogP contribution in [0.5, 0.6) is 0 Å². The zero-order valence-electron chi connectivity index (χ0n) is 15.6. The lowest BCUT2D eigenvalue weighted by Gasteiger charge is -2.25. The number of aromatic nitrogens is 2. The predicted octanol–water partition coefficient (Wildman–Crippen LogP) is 2.31. The minimum absolute atomic E-state index is 0.0272. The van der Waals surface area contributed by atoms with E-state index in [1.165, 1.54) is 10.2 Å². The number of likely N-dealkylation sites (tertiary alicyclic amines) is 1. The van der Waals surface area contributed by atoms with E-state index in [0.29, 0.717) is 10.8 Å². The van der Waals surface area contributed by atoms with Gasteiger partial charge in [-0.05, 0) is 37.0 Å². The third-order valence-electron chi connectivity index (χ3n) is 5.44. The molecule has 144 valence electrons. The first-order valence-corrected chi connectivity index (χ1v) is 9.69. The summed E-state index contributed by atoms with van der Waals surface area (Å²) in [6, 6.07) is 17.1. The topological polar surface area (TPSA) is 75.2 Å². The molecule has 0 bridgehead atoms. The Hall–Kier alpha value is -3.15. The molecule has 0 saturated carbocycles. The second-order valence-electron chi connectivity index (χ2n) is 7.27. The molecule has 0 radical (unpaired) electrons. The number of nitrogens with one attached hydrogen (secondary N) is 1. The highest BCUT2D eigenvalue weighted by Crippen LogP contribution is 2.22. The van der Waals surface area contributed by atoms with Crippen LogP contribution in [0.4, 0.5) is 0 Å². The van der Waals surface area contributed by atoms with Crippen molar-refractivity contribution in [3.63, 3.8) is 0 Å². The zero-order valence-corrected chi connectivity index (χ0v) is 15.6. The van der Waals surface area contributed by atoms with Gasteiger partial charge >= 0.3 is 0 Å². The maximum atomic E-state index is 12.8. The summed E-state index contributed by atoms with van der Waals surface area (Å²) in [5.41, 5.74) is 0.637. The minimum atomic E-state index is -0.314. The van der Waals surface area contributed by atoms with E-state index in [4.69, 9.17) is 0 Å². The molecule has 1 aromatic heterocycles. The predicted molar refractivity (Wildman–Crippen MR) is 108 cm³/mol. The molecule has 1 N–H and O–H groups in total. The van der Waals surface area contributed by atoms with Crippen LogP contribution in [0.1, 0.15) is 24.8 Å². The van der Waals surface area contributed by atoms with Gasteiger partial charge in [0.25, 0.3) is 11.1 Å². The van der Waals surface area contributed by atoms with E-state index in [1.54, 1.807) is 24.3 Å². The van der Waals surface area contributed by atoms with E-state index in [0.717, 1.165) is 25.8 Å². The first-order chi connectivity index (χ1) is 13.6. The molecule has 6 heteroatoms. The quantitative estimate of drug-likeness (QED) is 0.741. The largest absolute Gasteiger partial charge is 0.339 e. The number of fused-ring (bicyclic) bond motifs is 1. The molecule has 1 amide bonds. The Balaban J connectivity index is 1.47. The third kappa shape index (κ3) is 3.63. The fourth-order valence-electron chi connectivity index (χ4n) is 4.02. The van der Waals surface area contributed by atoms with Gasteiger partial charge in [-0.1, -0.05) is 42.5 Å². The maximum absolute atomic E-state index is 12.8. The van der Waals surface area contributed by atoms with Crippen LogP contribution < -0.4 is 11.1 Å². The van der Waals surface area contributed by atoms with Crippen LogP contribution in [-0.2, 0) is 17.8 Å². The number of hydrogen-bond donors (Lipinski definition) is 1. The van der Waals surface area contributed by atoms with E-state index in [9.17, 15) is 14.4 Å². The van der Waals surface area contributed by atoms with Gasteiger partial charge in [0, 0.05) is 19.0 Å².